The van der Waals surface area contributed by atoms with Crippen molar-refractivity contribution in [3.05, 3.63) is 64.7 Å². The van der Waals surface area contributed by atoms with Gasteiger partial charge in [-0.2, -0.15) is 0 Å². The summed E-state index contributed by atoms with van der Waals surface area (Å²) in [6, 6.07) is 14.7. The highest BCUT2D eigenvalue weighted by atomic mass is 35.5. The number of benzene rings is 2. The molecule has 4 nitrogen and oxygen atoms in total. The van der Waals surface area contributed by atoms with Gasteiger partial charge >= 0.3 is 5.97 Å². The molecule has 1 atom stereocenters. The number of carbonyl (C=O) groups excluding carboxylic acids is 2. The number of ether oxygens (including phenoxy) is 1. The molecule has 2 rings (SSSR count). The van der Waals surface area contributed by atoms with Crippen molar-refractivity contribution in [2.45, 2.75) is 33.1 Å². The highest BCUT2D eigenvalue weighted by Crippen LogP contribution is 2.27. The van der Waals surface area contributed by atoms with E-state index in [4.69, 9.17) is 16.3 Å². The molecule has 0 spiro atoms. The molecule has 0 bridgehead atoms. The van der Waals surface area contributed by atoms with Crippen molar-refractivity contribution in [3.63, 3.8) is 0 Å². The van der Waals surface area contributed by atoms with Crippen LogP contribution in [0.2, 0.25) is 5.02 Å². The minimum Gasteiger partial charge on any atom is -0.455 e. The number of esters is 1. The van der Waals surface area contributed by atoms with Crippen molar-refractivity contribution >= 4 is 29.2 Å². The van der Waals surface area contributed by atoms with Crippen LogP contribution in [0, 0.1) is 5.92 Å². The Hall–Kier alpha value is -2.33. The Balaban J connectivity index is 1.99. The lowest BCUT2D eigenvalue weighted by molar-refractivity contribution is -0.149. The quantitative estimate of drug-likeness (QED) is 0.707. The van der Waals surface area contributed by atoms with Gasteiger partial charge in [-0.25, -0.2) is 0 Å². The molecule has 0 aliphatic rings. The Morgan fingerprint density at radius 3 is 2.35 bits per heavy atom. The predicted octanol–water partition coefficient (Wildman–Crippen LogP) is 4.82. The first-order chi connectivity index (χ1) is 12.4. The van der Waals surface area contributed by atoms with Crippen LogP contribution < -0.4 is 5.32 Å². The minimum atomic E-state index is -0.442. The van der Waals surface area contributed by atoms with E-state index in [9.17, 15) is 9.59 Å². The molecule has 138 valence electrons. The van der Waals surface area contributed by atoms with Gasteiger partial charge in [-0.05, 0) is 41.7 Å². The van der Waals surface area contributed by atoms with Crippen LogP contribution >= 0.6 is 11.6 Å². The van der Waals surface area contributed by atoms with Gasteiger partial charge in [0.15, 0.2) is 6.61 Å². The van der Waals surface area contributed by atoms with Crippen LogP contribution in [0.25, 0.3) is 0 Å². The summed E-state index contributed by atoms with van der Waals surface area (Å²) in [5.74, 6) is -1.17. The molecule has 0 aliphatic carbocycles. The SMILES string of the molecule is CCc1ccccc1NC(=O)COC(=O)[C@H](c1ccc(Cl)cc1)C(C)C. The van der Waals surface area contributed by atoms with Gasteiger partial charge in [0.2, 0.25) is 0 Å². The zero-order valence-corrected chi connectivity index (χ0v) is 16.0. The topological polar surface area (TPSA) is 55.4 Å². The van der Waals surface area contributed by atoms with Crippen molar-refractivity contribution < 1.29 is 14.3 Å². The zero-order valence-electron chi connectivity index (χ0n) is 15.3. The largest absolute Gasteiger partial charge is 0.455 e. The van der Waals surface area contributed by atoms with Crippen molar-refractivity contribution in [1.29, 1.82) is 0 Å². The number of aryl methyl sites for hydroxylation is 1. The van der Waals surface area contributed by atoms with Crippen molar-refractivity contribution in [2.75, 3.05) is 11.9 Å². The lowest BCUT2D eigenvalue weighted by atomic mass is 9.88. The Morgan fingerprint density at radius 2 is 1.73 bits per heavy atom. The number of para-hydroxylation sites is 1. The van der Waals surface area contributed by atoms with Crippen molar-refractivity contribution in [1.82, 2.24) is 0 Å². The maximum atomic E-state index is 12.5. The molecule has 0 heterocycles. The molecular weight excluding hydrogens is 350 g/mol. The van der Waals surface area contributed by atoms with Crippen LogP contribution in [0.3, 0.4) is 0 Å². The van der Waals surface area contributed by atoms with E-state index < -0.39 is 11.9 Å². The molecule has 0 aliphatic heterocycles. The summed E-state index contributed by atoms with van der Waals surface area (Å²) in [5, 5.41) is 3.41. The number of hydrogen-bond acceptors (Lipinski definition) is 3. The first-order valence-electron chi connectivity index (χ1n) is 8.72. The van der Waals surface area contributed by atoms with Crippen molar-refractivity contribution in [2.24, 2.45) is 5.92 Å². The second kappa shape index (κ2) is 9.39. The molecule has 1 N–H and O–H groups in total. The van der Waals surface area contributed by atoms with E-state index in [1.165, 1.54) is 0 Å². The third-order valence-electron chi connectivity index (χ3n) is 4.17. The average Bonchev–Trinajstić information content (AvgIpc) is 2.62. The maximum absolute atomic E-state index is 12.5. The van der Waals surface area contributed by atoms with E-state index in [0.717, 1.165) is 23.2 Å². The Bertz CT molecular complexity index is 756. The number of anilines is 1. The second-order valence-electron chi connectivity index (χ2n) is 6.44. The fraction of sp³-hybridized carbons (Fsp3) is 0.333. The number of hydrogen-bond donors (Lipinski definition) is 1. The van der Waals surface area contributed by atoms with Crippen LogP contribution in [0.1, 0.15) is 37.8 Å². The number of halogens is 1. The van der Waals surface area contributed by atoms with E-state index in [1.807, 2.05) is 57.2 Å². The molecule has 0 saturated heterocycles. The summed E-state index contributed by atoms with van der Waals surface area (Å²) < 4.78 is 5.27. The molecule has 0 saturated carbocycles. The fourth-order valence-corrected chi connectivity index (χ4v) is 2.95. The highest BCUT2D eigenvalue weighted by Gasteiger charge is 2.26. The molecular formula is C21H24ClNO3. The first-order valence-corrected chi connectivity index (χ1v) is 9.10. The van der Waals surface area contributed by atoms with Crippen molar-refractivity contribution in [3.8, 4) is 0 Å². The minimum absolute atomic E-state index is 0.0348. The van der Waals surface area contributed by atoms with Gasteiger partial charge in [0.05, 0.1) is 5.92 Å². The molecule has 26 heavy (non-hydrogen) atoms. The summed E-state index contributed by atoms with van der Waals surface area (Å²) in [5.41, 5.74) is 2.61. The molecule has 0 fully saturated rings. The van der Waals surface area contributed by atoms with Gasteiger partial charge in [0.25, 0.3) is 5.91 Å². The lowest BCUT2D eigenvalue weighted by Crippen LogP contribution is -2.26. The molecule has 0 unspecified atom stereocenters. The van der Waals surface area contributed by atoms with Gasteiger partial charge in [0, 0.05) is 10.7 Å². The van der Waals surface area contributed by atoms with Gasteiger partial charge in [-0.3, -0.25) is 9.59 Å². The Labute approximate surface area is 159 Å². The molecule has 1 amide bonds. The fourth-order valence-electron chi connectivity index (χ4n) is 2.83. The van der Waals surface area contributed by atoms with E-state index in [1.54, 1.807) is 12.1 Å². The molecule has 0 aromatic heterocycles. The van der Waals surface area contributed by atoms with Gasteiger partial charge in [0.1, 0.15) is 0 Å². The first kappa shape index (κ1) is 20.0. The smallest absolute Gasteiger partial charge is 0.314 e. The molecule has 0 radical (unpaired) electrons. The maximum Gasteiger partial charge on any atom is 0.314 e. The van der Waals surface area contributed by atoms with Crippen LogP contribution in [0.4, 0.5) is 5.69 Å². The summed E-state index contributed by atoms with van der Waals surface area (Å²) in [7, 11) is 0. The van der Waals surface area contributed by atoms with E-state index in [-0.39, 0.29) is 18.4 Å². The van der Waals surface area contributed by atoms with E-state index in [2.05, 4.69) is 5.32 Å². The number of carbonyl (C=O) groups is 2. The number of rotatable bonds is 7. The lowest BCUT2D eigenvalue weighted by Gasteiger charge is -2.20. The Morgan fingerprint density at radius 1 is 1.08 bits per heavy atom. The zero-order chi connectivity index (χ0) is 19.1. The van der Waals surface area contributed by atoms with Gasteiger partial charge < -0.3 is 10.1 Å². The Kier molecular flexibility index (Phi) is 7.22. The monoisotopic (exact) mass is 373 g/mol. The van der Waals surface area contributed by atoms with Crippen LogP contribution in [0.5, 0.6) is 0 Å². The van der Waals surface area contributed by atoms with Gasteiger partial charge in [-0.15, -0.1) is 0 Å². The van der Waals surface area contributed by atoms with E-state index >= 15 is 0 Å². The molecule has 2 aromatic rings. The second-order valence-corrected chi connectivity index (χ2v) is 6.88. The van der Waals surface area contributed by atoms with Gasteiger partial charge in [-0.1, -0.05) is 62.7 Å². The average molecular weight is 374 g/mol. The normalized spacial score (nSPS) is 11.9. The van der Waals surface area contributed by atoms with E-state index in [0.29, 0.717) is 5.02 Å². The highest BCUT2D eigenvalue weighted by molar-refractivity contribution is 6.30. The molecule has 5 heteroatoms. The van der Waals surface area contributed by atoms with Crippen LogP contribution in [-0.2, 0) is 20.7 Å². The predicted molar refractivity (Wildman–Crippen MR) is 104 cm³/mol. The van der Waals surface area contributed by atoms with Crippen LogP contribution in [-0.4, -0.2) is 18.5 Å². The van der Waals surface area contributed by atoms with Crippen LogP contribution in [0.15, 0.2) is 48.5 Å². The molecule has 2 aromatic carbocycles. The summed E-state index contributed by atoms with van der Waals surface area (Å²) in [6.07, 6.45) is 0.808. The number of nitrogens with one attached hydrogen (secondary N) is 1. The number of amides is 1. The third-order valence-corrected chi connectivity index (χ3v) is 4.42. The standard InChI is InChI=1S/C21H24ClNO3/c1-4-15-7-5-6-8-18(15)23-19(24)13-26-21(25)20(14(2)3)16-9-11-17(22)12-10-16/h5-12,14,20H,4,13H2,1-3H3,(H,23,24)/t20-/m0/s1. The third kappa shape index (κ3) is 5.33. The summed E-state index contributed by atoms with van der Waals surface area (Å²) in [6.45, 7) is 5.59. The summed E-state index contributed by atoms with van der Waals surface area (Å²) in [4.78, 5) is 24.7. The summed E-state index contributed by atoms with van der Waals surface area (Å²) >= 11 is 5.91.